The molecule has 1 N–H and O–H groups in total. The van der Waals surface area contributed by atoms with Gasteiger partial charge in [0.25, 0.3) is 5.91 Å². The Morgan fingerprint density at radius 1 is 1.22 bits per heavy atom. The maximum atomic E-state index is 12.7. The third-order valence-corrected chi connectivity index (χ3v) is 5.92. The van der Waals surface area contributed by atoms with Crippen molar-refractivity contribution in [1.82, 2.24) is 14.7 Å². The molecule has 0 atom stereocenters. The van der Waals surface area contributed by atoms with E-state index in [9.17, 15) is 9.59 Å². The summed E-state index contributed by atoms with van der Waals surface area (Å²) in [5.41, 5.74) is 2.49. The van der Waals surface area contributed by atoms with Gasteiger partial charge in [0.2, 0.25) is 0 Å². The molecule has 2 aliphatic rings. The SMILES string of the molecule is CCN(CC)C(=O)c1ccc2c(c1)NC(=O)N(C1CCN(C(C)C)CC1)C2. The number of amides is 3. The standard InChI is InChI=1S/C21H32N4O2/c1-5-23(6-2)20(26)16-7-8-17-14-25(21(27)22-19(17)13-16)18-9-11-24(12-10-18)15(3)4/h7-8,13,15,18H,5-6,9-12,14H2,1-4H3,(H,22,27). The molecule has 0 aromatic heterocycles. The molecule has 0 bridgehead atoms. The number of carbonyl (C=O) groups excluding carboxylic acids is 2. The lowest BCUT2D eigenvalue weighted by molar-refractivity contribution is 0.0772. The van der Waals surface area contributed by atoms with E-state index in [1.54, 1.807) is 4.90 Å². The van der Waals surface area contributed by atoms with Gasteiger partial charge >= 0.3 is 6.03 Å². The molecule has 6 nitrogen and oxygen atoms in total. The number of carbonyl (C=O) groups is 2. The number of nitrogens with one attached hydrogen (secondary N) is 1. The van der Waals surface area contributed by atoms with E-state index in [-0.39, 0.29) is 18.0 Å². The molecular weight excluding hydrogens is 340 g/mol. The summed E-state index contributed by atoms with van der Waals surface area (Å²) in [6, 6.07) is 6.50. The molecule has 1 aromatic carbocycles. The Labute approximate surface area is 162 Å². The average molecular weight is 373 g/mol. The van der Waals surface area contributed by atoms with E-state index in [4.69, 9.17) is 0 Å². The van der Waals surface area contributed by atoms with Crippen molar-refractivity contribution in [3.05, 3.63) is 29.3 Å². The molecule has 1 aromatic rings. The maximum absolute atomic E-state index is 12.7. The van der Waals surface area contributed by atoms with Crippen molar-refractivity contribution in [3.8, 4) is 0 Å². The molecule has 6 heteroatoms. The summed E-state index contributed by atoms with van der Waals surface area (Å²) in [5, 5.41) is 3.01. The molecule has 0 saturated carbocycles. The number of hydrogen-bond acceptors (Lipinski definition) is 3. The Bertz CT molecular complexity index is 691. The fourth-order valence-electron chi connectivity index (χ4n) is 4.11. The summed E-state index contributed by atoms with van der Waals surface area (Å²) in [6.07, 6.45) is 2.03. The van der Waals surface area contributed by atoms with Crippen molar-refractivity contribution >= 4 is 17.6 Å². The molecule has 2 heterocycles. The highest BCUT2D eigenvalue weighted by Gasteiger charge is 2.32. The predicted octanol–water partition coefficient (Wildman–Crippen LogP) is 3.39. The first-order valence-corrected chi connectivity index (χ1v) is 10.2. The first-order chi connectivity index (χ1) is 12.9. The second kappa shape index (κ2) is 8.30. The van der Waals surface area contributed by atoms with Gasteiger partial charge in [-0.25, -0.2) is 4.79 Å². The predicted molar refractivity (Wildman–Crippen MR) is 108 cm³/mol. The van der Waals surface area contributed by atoms with Crippen LogP contribution in [0.3, 0.4) is 0 Å². The molecule has 1 fully saturated rings. The van der Waals surface area contributed by atoms with Crippen molar-refractivity contribution in [2.75, 3.05) is 31.5 Å². The number of anilines is 1. The van der Waals surface area contributed by atoms with Crippen LogP contribution in [0, 0.1) is 0 Å². The van der Waals surface area contributed by atoms with Crippen molar-refractivity contribution in [1.29, 1.82) is 0 Å². The van der Waals surface area contributed by atoms with Gasteiger partial charge in [-0.15, -0.1) is 0 Å². The van der Waals surface area contributed by atoms with Gasteiger partial charge in [-0.1, -0.05) is 6.07 Å². The first kappa shape index (κ1) is 19.7. The van der Waals surface area contributed by atoms with Gasteiger partial charge < -0.3 is 20.0 Å². The summed E-state index contributed by atoms with van der Waals surface area (Å²) in [7, 11) is 0. The van der Waals surface area contributed by atoms with Crippen LogP contribution in [0.1, 0.15) is 56.5 Å². The Morgan fingerprint density at radius 2 is 1.89 bits per heavy atom. The number of urea groups is 1. The Kier molecular flexibility index (Phi) is 6.05. The van der Waals surface area contributed by atoms with Crippen molar-refractivity contribution in [2.45, 2.75) is 59.2 Å². The second-order valence-corrected chi connectivity index (χ2v) is 7.77. The van der Waals surface area contributed by atoms with Gasteiger partial charge in [-0.2, -0.15) is 0 Å². The van der Waals surface area contributed by atoms with Gasteiger partial charge in [0.15, 0.2) is 0 Å². The van der Waals surface area contributed by atoms with Crippen molar-refractivity contribution < 1.29 is 9.59 Å². The van der Waals surface area contributed by atoms with Crippen molar-refractivity contribution in [2.24, 2.45) is 0 Å². The van der Waals surface area contributed by atoms with Crippen LogP contribution in [0.4, 0.5) is 10.5 Å². The van der Waals surface area contributed by atoms with Gasteiger partial charge in [-0.3, -0.25) is 4.79 Å². The van der Waals surface area contributed by atoms with E-state index in [1.807, 2.05) is 36.9 Å². The summed E-state index contributed by atoms with van der Waals surface area (Å²) < 4.78 is 0. The zero-order chi connectivity index (χ0) is 19.6. The largest absolute Gasteiger partial charge is 0.339 e. The molecule has 27 heavy (non-hydrogen) atoms. The van der Waals surface area contributed by atoms with E-state index in [0.717, 1.165) is 37.2 Å². The fourth-order valence-corrected chi connectivity index (χ4v) is 4.11. The number of piperidine rings is 1. The van der Waals surface area contributed by atoms with Crippen LogP contribution in [-0.4, -0.2) is 64.9 Å². The highest BCUT2D eigenvalue weighted by Crippen LogP contribution is 2.29. The van der Waals surface area contributed by atoms with Crippen molar-refractivity contribution in [3.63, 3.8) is 0 Å². The molecule has 0 unspecified atom stereocenters. The van der Waals surface area contributed by atoms with Crippen LogP contribution in [-0.2, 0) is 6.54 Å². The lowest BCUT2D eigenvalue weighted by Gasteiger charge is -2.41. The molecule has 2 aliphatic heterocycles. The fraction of sp³-hybridized carbons (Fsp3) is 0.619. The quantitative estimate of drug-likeness (QED) is 0.862. The van der Waals surface area contributed by atoms with E-state index >= 15 is 0 Å². The molecule has 3 rings (SSSR count). The van der Waals surface area contributed by atoms with E-state index in [1.165, 1.54) is 0 Å². The number of rotatable bonds is 5. The molecule has 0 radical (unpaired) electrons. The lowest BCUT2D eigenvalue weighted by atomic mass is 9.99. The molecule has 1 saturated heterocycles. The second-order valence-electron chi connectivity index (χ2n) is 7.77. The average Bonchev–Trinajstić information content (AvgIpc) is 2.68. The minimum Gasteiger partial charge on any atom is -0.339 e. The van der Waals surface area contributed by atoms with Crippen LogP contribution in [0.5, 0.6) is 0 Å². The molecular formula is C21H32N4O2. The van der Waals surface area contributed by atoms with Gasteiger partial charge in [0, 0.05) is 56.1 Å². The zero-order valence-electron chi connectivity index (χ0n) is 17.0. The summed E-state index contributed by atoms with van der Waals surface area (Å²) in [4.78, 5) is 31.5. The van der Waals surface area contributed by atoms with E-state index in [0.29, 0.717) is 31.2 Å². The Balaban J connectivity index is 1.71. The van der Waals surface area contributed by atoms with Gasteiger partial charge in [-0.05, 0) is 58.2 Å². The summed E-state index contributed by atoms with van der Waals surface area (Å²) >= 11 is 0. The molecule has 0 spiro atoms. The number of likely N-dealkylation sites (tertiary alicyclic amines) is 1. The molecule has 0 aliphatic carbocycles. The highest BCUT2D eigenvalue weighted by atomic mass is 16.2. The first-order valence-electron chi connectivity index (χ1n) is 10.2. The van der Waals surface area contributed by atoms with E-state index in [2.05, 4.69) is 24.1 Å². The van der Waals surface area contributed by atoms with E-state index < -0.39 is 0 Å². The molecule has 3 amide bonds. The maximum Gasteiger partial charge on any atom is 0.322 e. The third-order valence-electron chi connectivity index (χ3n) is 5.92. The number of hydrogen-bond donors (Lipinski definition) is 1. The highest BCUT2D eigenvalue weighted by molar-refractivity contribution is 5.98. The van der Waals surface area contributed by atoms with Crippen LogP contribution in [0.15, 0.2) is 18.2 Å². The van der Waals surface area contributed by atoms with Crippen LogP contribution >= 0.6 is 0 Å². The smallest absolute Gasteiger partial charge is 0.322 e. The van der Waals surface area contributed by atoms with Crippen LogP contribution < -0.4 is 5.32 Å². The Hall–Kier alpha value is -2.08. The van der Waals surface area contributed by atoms with Gasteiger partial charge in [0.05, 0.1) is 0 Å². The zero-order valence-corrected chi connectivity index (χ0v) is 17.0. The minimum atomic E-state index is -0.0436. The third kappa shape index (κ3) is 4.10. The summed E-state index contributed by atoms with van der Waals surface area (Å²) in [6.45, 7) is 12.5. The number of fused-ring (bicyclic) bond motifs is 1. The monoisotopic (exact) mass is 372 g/mol. The topological polar surface area (TPSA) is 55.9 Å². The molecule has 148 valence electrons. The number of benzene rings is 1. The van der Waals surface area contributed by atoms with Crippen LogP contribution in [0.2, 0.25) is 0 Å². The normalized spacial score (nSPS) is 18.4. The minimum absolute atomic E-state index is 0.0144. The van der Waals surface area contributed by atoms with Gasteiger partial charge in [0.1, 0.15) is 0 Å². The van der Waals surface area contributed by atoms with Crippen LogP contribution in [0.25, 0.3) is 0 Å². The lowest BCUT2D eigenvalue weighted by Crippen LogP contribution is -2.51. The number of nitrogens with zero attached hydrogens (tertiary/aromatic N) is 3. The Morgan fingerprint density at radius 3 is 2.48 bits per heavy atom. The summed E-state index contributed by atoms with van der Waals surface area (Å²) in [5.74, 6) is 0.0144.